The van der Waals surface area contributed by atoms with Crippen molar-refractivity contribution >= 4 is 18.2 Å². The zero-order chi connectivity index (χ0) is 21.4. The Hall–Kier alpha value is -1.73. The average Bonchev–Trinajstić information content (AvgIpc) is 3.07. The molecule has 2 N–H and O–H groups in total. The lowest BCUT2D eigenvalue weighted by Gasteiger charge is -2.51. The van der Waals surface area contributed by atoms with E-state index in [4.69, 9.17) is 9.47 Å². The molecular weight excluding hydrogens is 376 g/mol. The van der Waals surface area contributed by atoms with Crippen LogP contribution in [-0.2, 0) is 23.9 Å². The van der Waals surface area contributed by atoms with Crippen LogP contribution in [0.5, 0.6) is 0 Å². The lowest BCUT2D eigenvalue weighted by atomic mass is 9.52. The molecule has 8 unspecified atom stereocenters. The van der Waals surface area contributed by atoms with Gasteiger partial charge in [0, 0.05) is 11.3 Å². The number of ether oxygens (including phenoxy) is 2. The molecule has 2 bridgehead atoms. The summed E-state index contributed by atoms with van der Waals surface area (Å²) in [5.74, 6) is -2.91. The van der Waals surface area contributed by atoms with Gasteiger partial charge in [-0.2, -0.15) is 0 Å². The second-order valence-electron chi connectivity index (χ2n) is 9.85. The van der Waals surface area contributed by atoms with Crippen molar-refractivity contribution in [2.45, 2.75) is 57.2 Å². The maximum absolute atomic E-state index is 13.2. The zero-order valence-electron chi connectivity index (χ0n) is 17.3. The van der Waals surface area contributed by atoms with E-state index >= 15 is 0 Å². The Labute approximate surface area is 170 Å². The number of aldehydes is 1. The van der Waals surface area contributed by atoms with E-state index in [1.807, 2.05) is 0 Å². The Morgan fingerprint density at radius 3 is 2.48 bits per heavy atom. The van der Waals surface area contributed by atoms with Gasteiger partial charge in [-0.3, -0.25) is 9.59 Å². The summed E-state index contributed by atoms with van der Waals surface area (Å²) in [6, 6.07) is 0. The number of carbonyl (C=O) groups is 3. The Bertz CT molecular complexity index is 792. The molecule has 0 amide bonds. The molecule has 4 aliphatic carbocycles. The first-order valence-corrected chi connectivity index (χ1v) is 10.3. The molecular formula is C22H30O7. The van der Waals surface area contributed by atoms with Gasteiger partial charge in [-0.25, -0.2) is 0 Å². The topological polar surface area (TPSA) is 110 Å². The van der Waals surface area contributed by atoms with E-state index in [9.17, 15) is 24.6 Å². The van der Waals surface area contributed by atoms with Gasteiger partial charge < -0.3 is 24.5 Å². The first kappa shape index (κ1) is 20.5. The zero-order valence-corrected chi connectivity index (χ0v) is 17.3. The summed E-state index contributed by atoms with van der Waals surface area (Å²) < 4.78 is 10.2. The minimum atomic E-state index is -1.43. The number of methoxy groups -OCH3 is 2. The number of carbonyl (C=O) groups excluding carboxylic acids is 3. The van der Waals surface area contributed by atoms with Gasteiger partial charge >= 0.3 is 11.9 Å². The summed E-state index contributed by atoms with van der Waals surface area (Å²) in [6.07, 6.45) is 2.30. The quantitative estimate of drug-likeness (QED) is 0.414. The Morgan fingerprint density at radius 2 is 1.90 bits per heavy atom. The van der Waals surface area contributed by atoms with E-state index in [1.165, 1.54) is 14.2 Å². The third-order valence-electron chi connectivity index (χ3n) is 9.03. The minimum Gasteiger partial charge on any atom is -0.469 e. The van der Waals surface area contributed by atoms with Gasteiger partial charge in [0.05, 0.1) is 37.3 Å². The van der Waals surface area contributed by atoms with Gasteiger partial charge in [-0.05, 0) is 62.4 Å². The molecule has 160 valence electrons. The highest BCUT2D eigenvalue weighted by Gasteiger charge is 2.79. The molecule has 7 heteroatoms. The second kappa shape index (κ2) is 6.14. The number of rotatable bonds is 3. The number of hydrogen-bond donors (Lipinski definition) is 2. The van der Waals surface area contributed by atoms with Crippen molar-refractivity contribution in [1.29, 1.82) is 0 Å². The van der Waals surface area contributed by atoms with Gasteiger partial charge in [-0.1, -0.05) is 6.58 Å². The first-order valence-electron chi connectivity index (χ1n) is 10.3. The fourth-order valence-electron chi connectivity index (χ4n) is 7.90. The number of fused-ring (bicyclic) bond motifs is 3. The number of hydrogen-bond acceptors (Lipinski definition) is 7. The van der Waals surface area contributed by atoms with Crippen molar-refractivity contribution in [2.24, 2.45) is 34.0 Å². The van der Waals surface area contributed by atoms with Crippen LogP contribution in [-0.4, -0.2) is 54.4 Å². The monoisotopic (exact) mass is 406 g/mol. The van der Waals surface area contributed by atoms with Crippen LogP contribution in [0.25, 0.3) is 0 Å². The molecule has 0 heterocycles. The van der Waals surface area contributed by atoms with Crippen molar-refractivity contribution in [3.05, 3.63) is 12.2 Å². The highest BCUT2D eigenvalue weighted by atomic mass is 16.5. The summed E-state index contributed by atoms with van der Waals surface area (Å²) >= 11 is 0. The molecule has 8 atom stereocenters. The lowest BCUT2D eigenvalue weighted by molar-refractivity contribution is -0.185. The summed E-state index contributed by atoms with van der Waals surface area (Å²) in [5, 5.41) is 22.1. The van der Waals surface area contributed by atoms with Crippen LogP contribution in [0, 0.1) is 34.0 Å². The molecule has 4 rings (SSSR count). The molecule has 0 aromatic rings. The Morgan fingerprint density at radius 1 is 1.21 bits per heavy atom. The summed E-state index contributed by atoms with van der Waals surface area (Å²) in [6.45, 7) is 5.68. The smallest absolute Gasteiger partial charge is 0.314 e. The highest BCUT2D eigenvalue weighted by Crippen LogP contribution is 2.77. The van der Waals surface area contributed by atoms with Crippen molar-refractivity contribution in [3.8, 4) is 0 Å². The van der Waals surface area contributed by atoms with E-state index < -0.39 is 51.7 Å². The molecule has 29 heavy (non-hydrogen) atoms. The van der Waals surface area contributed by atoms with Crippen LogP contribution in [0.15, 0.2) is 12.2 Å². The Balaban J connectivity index is 2.00. The van der Waals surface area contributed by atoms with Gasteiger partial charge in [-0.15, -0.1) is 0 Å². The van der Waals surface area contributed by atoms with E-state index in [1.54, 1.807) is 6.92 Å². The van der Waals surface area contributed by atoms with Crippen LogP contribution in [0.4, 0.5) is 0 Å². The van der Waals surface area contributed by atoms with Crippen LogP contribution in [0.3, 0.4) is 0 Å². The lowest BCUT2D eigenvalue weighted by Crippen LogP contribution is -2.59. The van der Waals surface area contributed by atoms with Gasteiger partial charge in [0.2, 0.25) is 0 Å². The van der Waals surface area contributed by atoms with Crippen LogP contribution in [0.1, 0.15) is 45.4 Å². The molecule has 4 fully saturated rings. The second-order valence-corrected chi connectivity index (χ2v) is 9.85. The predicted molar refractivity (Wildman–Crippen MR) is 101 cm³/mol. The minimum absolute atomic E-state index is 0.197. The molecule has 7 nitrogen and oxygen atoms in total. The standard InChI is InChI=1S/C22H30O7/c1-12-9-21-10-22(12,27)8-5-13(21)20(11-23)7-6-14(24)19(2,18(26)29-4)16(20)15(21)17(25)28-3/h11,13-16,24,27H,1,5-10H2,2-4H3. The molecule has 0 saturated heterocycles. The third-order valence-corrected chi connectivity index (χ3v) is 9.03. The van der Waals surface area contributed by atoms with Gasteiger partial charge in [0.1, 0.15) is 6.29 Å². The van der Waals surface area contributed by atoms with E-state index in [0.29, 0.717) is 37.7 Å². The third kappa shape index (κ3) is 2.18. The molecule has 4 saturated carbocycles. The molecule has 0 aromatic carbocycles. The molecule has 0 aromatic heterocycles. The normalized spacial score (nSPS) is 50.4. The van der Waals surface area contributed by atoms with Crippen LogP contribution >= 0.6 is 0 Å². The van der Waals surface area contributed by atoms with Crippen LogP contribution < -0.4 is 0 Å². The number of aliphatic hydroxyl groups excluding tert-OH is 1. The maximum Gasteiger partial charge on any atom is 0.314 e. The van der Waals surface area contributed by atoms with Gasteiger partial charge in [0.25, 0.3) is 0 Å². The summed E-state index contributed by atoms with van der Waals surface area (Å²) in [5.41, 5.74) is -3.51. The van der Waals surface area contributed by atoms with E-state index in [0.717, 1.165) is 6.29 Å². The van der Waals surface area contributed by atoms with Crippen molar-refractivity contribution in [2.75, 3.05) is 14.2 Å². The van der Waals surface area contributed by atoms with E-state index in [-0.39, 0.29) is 12.3 Å². The first-order chi connectivity index (χ1) is 13.6. The Kier molecular flexibility index (Phi) is 4.35. The summed E-state index contributed by atoms with van der Waals surface area (Å²) in [4.78, 5) is 38.9. The molecule has 0 radical (unpaired) electrons. The van der Waals surface area contributed by atoms with Gasteiger partial charge in [0.15, 0.2) is 0 Å². The molecule has 4 aliphatic rings. The number of aliphatic hydroxyl groups is 2. The fourth-order valence-corrected chi connectivity index (χ4v) is 7.90. The maximum atomic E-state index is 13.2. The predicted octanol–water partition coefficient (Wildman–Crippen LogP) is 1.40. The average molecular weight is 406 g/mol. The van der Waals surface area contributed by atoms with Crippen LogP contribution in [0.2, 0.25) is 0 Å². The van der Waals surface area contributed by atoms with Crippen molar-refractivity contribution < 1.29 is 34.1 Å². The SMILES string of the molecule is C=C1CC23CC1(O)CCC2C1(C=O)CCC(O)C(C)(C(=O)OC)C1C3C(=O)OC. The van der Waals surface area contributed by atoms with E-state index in [2.05, 4.69) is 6.58 Å². The number of esters is 2. The highest BCUT2D eigenvalue weighted by molar-refractivity contribution is 5.84. The van der Waals surface area contributed by atoms with Crippen molar-refractivity contribution in [1.82, 2.24) is 0 Å². The van der Waals surface area contributed by atoms with Crippen molar-refractivity contribution in [3.63, 3.8) is 0 Å². The molecule has 1 spiro atoms. The summed E-state index contributed by atoms with van der Waals surface area (Å²) in [7, 11) is 2.55. The molecule has 0 aliphatic heterocycles. The largest absolute Gasteiger partial charge is 0.469 e. The fraction of sp³-hybridized carbons (Fsp3) is 0.773.